The van der Waals surface area contributed by atoms with Crippen LogP contribution in [-0.2, 0) is 12.3 Å². The molecule has 0 saturated heterocycles. The van der Waals surface area contributed by atoms with Crippen molar-refractivity contribution in [1.82, 2.24) is 30.3 Å². The van der Waals surface area contributed by atoms with Crippen LogP contribution in [0.5, 0.6) is 0 Å². The average molecular weight is 288 g/mol. The molecule has 2 heterocycles. The first-order valence-corrected chi connectivity index (χ1v) is 7.02. The molecule has 0 saturated carbocycles. The molecule has 0 amide bonds. The van der Waals surface area contributed by atoms with E-state index in [0.29, 0.717) is 24.0 Å². The Morgan fingerprint density at radius 1 is 1.25 bits per heavy atom. The summed E-state index contributed by atoms with van der Waals surface area (Å²) in [5.74, 6) is 1.75. The Kier molecular flexibility index (Phi) is 3.73. The van der Waals surface area contributed by atoms with E-state index in [1.807, 2.05) is 30.3 Å². The van der Waals surface area contributed by atoms with Gasteiger partial charge in [-0.05, 0) is 22.9 Å². The molecule has 0 aliphatic rings. The van der Waals surface area contributed by atoms with Gasteiger partial charge >= 0.3 is 0 Å². The van der Waals surface area contributed by atoms with E-state index in [9.17, 15) is 0 Å². The molecule has 2 aromatic heterocycles. The number of rotatable bonds is 5. The molecule has 0 N–H and O–H groups in total. The number of nitrogens with zero attached hydrogens (tertiary/aromatic N) is 6. The van der Waals surface area contributed by atoms with Gasteiger partial charge < -0.3 is 4.52 Å². The molecule has 8 heteroatoms. The molecular formula is C12H12N6OS. The van der Waals surface area contributed by atoms with E-state index < -0.39 is 0 Å². The van der Waals surface area contributed by atoms with Crippen molar-refractivity contribution in [2.45, 2.75) is 24.4 Å². The zero-order valence-electron chi connectivity index (χ0n) is 10.8. The fourth-order valence-corrected chi connectivity index (χ4v) is 2.39. The Morgan fingerprint density at radius 2 is 2.10 bits per heavy atom. The van der Waals surface area contributed by atoms with Crippen molar-refractivity contribution < 1.29 is 4.52 Å². The monoisotopic (exact) mass is 288 g/mol. The van der Waals surface area contributed by atoms with E-state index in [-0.39, 0.29) is 0 Å². The molecule has 0 spiro atoms. The molecule has 0 aliphatic heterocycles. The van der Waals surface area contributed by atoms with Crippen LogP contribution in [-0.4, -0.2) is 30.3 Å². The molecule has 7 nitrogen and oxygen atoms in total. The number of aryl methyl sites for hydroxylation is 1. The molecule has 20 heavy (non-hydrogen) atoms. The maximum absolute atomic E-state index is 5.06. The van der Waals surface area contributed by atoms with Gasteiger partial charge in [0.05, 0.1) is 12.3 Å². The van der Waals surface area contributed by atoms with Crippen molar-refractivity contribution in [3.63, 3.8) is 0 Å². The Balaban J connectivity index is 1.67. The number of benzene rings is 1. The second-order valence-corrected chi connectivity index (χ2v) is 5.07. The predicted octanol–water partition coefficient (Wildman–Crippen LogP) is 1.71. The maximum Gasteiger partial charge on any atom is 0.237 e. The van der Waals surface area contributed by atoms with Crippen LogP contribution in [0, 0.1) is 6.92 Å². The van der Waals surface area contributed by atoms with Crippen molar-refractivity contribution >= 4 is 11.8 Å². The summed E-state index contributed by atoms with van der Waals surface area (Å²) in [5.41, 5.74) is 1.15. The molecule has 3 aromatic rings. The third-order valence-corrected chi connectivity index (χ3v) is 3.51. The predicted molar refractivity (Wildman–Crippen MR) is 72.0 cm³/mol. The molecule has 0 unspecified atom stereocenters. The van der Waals surface area contributed by atoms with Crippen molar-refractivity contribution in [1.29, 1.82) is 0 Å². The van der Waals surface area contributed by atoms with E-state index in [0.717, 1.165) is 10.7 Å². The minimum Gasteiger partial charge on any atom is -0.338 e. The zero-order valence-corrected chi connectivity index (χ0v) is 11.6. The molecule has 3 rings (SSSR count). The normalized spacial score (nSPS) is 10.8. The quantitative estimate of drug-likeness (QED) is 0.661. The Hall–Kier alpha value is -2.22. The van der Waals surface area contributed by atoms with Crippen LogP contribution in [0.25, 0.3) is 0 Å². The highest BCUT2D eigenvalue weighted by Crippen LogP contribution is 2.19. The van der Waals surface area contributed by atoms with E-state index >= 15 is 0 Å². The van der Waals surface area contributed by atoms with Gasteiger partial charge in [-0.2, -0.15) is 4.98 Å². The molecule has 0 radical (unpaired) electrons. The number of tetrazole rings is 1. The summed E-state index contributed by atoms with van der Waals surface area (Å²) in [6.07, 6.45) is 0. The average Bonchev–Trinajstić information content (AvgIpc) is 3.07. The first-order chi connectivity index (χ1) is 9.81. The lowest BCUT2D eigenvalue weighted by Gasteiger charge is -2.03. The van der Waals surface area contributed by atoms with Gasteiger partial charge in [-0.15, -0.1) is 5.10 Å². The largest absolute Gasteiger partial charge is 0.338 e. The van der Waals surface area contributed by atoms with Crippen molar-refractivity contribution in [3.8, 4) is 0 Å². The van der Waals surface area contributed by atoms with E-state index in [2.05, 4.69) is 25.7 Å². The Labute approximate surface area is 119 Å². The molecule has 0 bridgehead atoms. The number of thioether (sulfide) groups is 1. The maximum atomic E-state index is 5.06. The third-order valence-electron chi connectivity index (χ3n) is 2.57. The summed E-state index contributed by atoms with van der Waals surface area (Å²) in [5, 5.41) is 16.2. The summed E-state index contributed by atoms with van der Waals surface area (Å²) >= 11 is 1.47. The molecule has 0 atom stereocenters. The van der Waals surface area contributed by atoms with Gasteiger partial charge in [-0.25, -0.2) is 4.68 Å². The smallest absolute Gasteiger partial charge is 0.237 e. The summed E-state index contributed by atoms with van der Waals surface area (Å²) in [7, 11) is 0. The summed E-state index contributed by atoms with van der Waals surface area (Å²) < 4.78 is 6.81. The first-order valence-electron chi connectivity index (χ1n) is 6.03. The molecular weight excluding hydrogens is 276 g/mol. The molecule has 0 fully saturated rings. The van der Waals surface area contributed by atoms with Crippen LogP contribution in [0.3, 0.4) is 0 Å². The number of hydrogen-bond acceptors (Lipinski definition) is 7. The zero-order chi connectivity index (χ0) is 13.8. The Morgan fingerprint density at radius 3 is 2.85 bits per heavy atom. The Bertz CT molecular complexity index is 680. The lowest BCUT2D eigenvalue weighted by molar-refractivity contribution is 0.387. The van der Waals surface area contributed by atoms with E-state index in [1.54, 1.807) is 11.6 Å². The van der Waals surface area contributed by atoms with Crippen molar-refractivity contribution in [3.05, 3.63) is 47.6 Å². The van der Waals surface area contributed by atoms with E-state index in [4.69, 9.17) is 4.52 Å². The molecule has 102 valence electrons. The standard InChI is InChI=1S/C12H12N6OS/c1-9-13-11(19-15-9)8-20-12-14-16-17-18(12)7-10-5-3-2-4-6-10/h2-6H,7-8H2,1H3. The number of hydrogen-bond donors (Lipinski definition) is 0. The van der Waals surface area contributed by atoms with Crippen LogP contribution >= 0.6 is 11.8 Å². The van der Waals surface area contributed by atoms with Crippen LogP contribution in [0.1, 0.15) is 17.3 Å². The second-order valence-electron chi connectivity index (χ2n) is 4.13. The number of aromatic nitrogens is 6. The van der Waals surface area contributed by atoms with Crippen LogP contribution in [0.4, 0.5) is 0 Å². The first kappa shape index (κ1) is 12.8. The third kappa shape index (κ3) is 3.02. The minimum atomic E-state index is 0.552. The van der Waals surface area contributed by atoms with Crippen LogP contribution < -0.4 is 0 Å². The van der Waals surface area contributed by atoms with Crippen molar-refractivity contribution in [2.75, 3.05) is 0 Å². The summed E-state index contributed by atoms with van der Waals surface area (Å²) in [4.78, 5) is 4.15. The highest BCUT2D eigenvalue weighted by molar-refractivity contribution is 7.98. The molecule has 0 aliphatic carbocycles. The fraction of sp³-hybridized carbons (Fsp3) is 0.250. The minimum absolute atomic E-state index is 0.552. The second kappa shape index (κ2) is 5.83. The fourth-order valence-electron chi connectivity index (χ4n) is 1.68. The topological polar surface area (TPSA) is 82.5 Å². The van der Waals surface area contributed by atoms with Gasteiger partial charge in [-0.1, -0.05) is 47.3 Å². The summed E-state index contributed by atoms with van der Waals surface area (Å²) in [6.45, 7) is 2.43. The van der Waals surface area contributed by atoms with Gasteiger partial charge in [0.15, 0.2) is 5.82 Å². The van der Waals surface area contributed by atoms with Gasteiger partial charge in [0, 0.05) is 0 Å². The summed E-state index contributed by atoms with van der Waals surface area (Å²) in [6, 6.07) is 10.0. The molecule has 1 aromatic carbocycles. The van der Waals surface area contributed by atoms with Crippen LogP contribution in [0.15, 0.2) is 40.0 Å². The van der Waals surface area contributed by atoms with Gasteiger partial charge in [0.2, 0.25) is 11.0 Å². The van der Waals surface area contributed by atoms with Gasteiger partial charge in [-0.3, -0.25) is 0 Å². The lowest BCUT2D eigenvalue weighted by Crippen LogP contribution is -2.03. The van der Waals surface area contributed by atoms with Gasteiger partial charge in [0.1, 0.15) is 0 Å². The SMILES string of the molecule is Cc1noc(CSc2nnnn2Cc2ccccc2)n1. The lowest BCUT2D eigenvalue weighted by atomic mass is 10.2. The highest BCUT2D eigenvalue weighted by atomic mass is 32.2. The van der Waals surface area contributed by atoms with Crippen LogP contribution in [0.2, 0.25) is 0 Å². The van der Waals surface area contributed by atoms with Gasteiger partial charge in [0.25, 0.3) is 0 Å². The van der Waals surface area contributed by atoms with Crippen molar-refractivity contribution in [2.24, 2.45) is 0 Å². The highest BCUT2D eigenvalue weighted by Gasteiger charge is 2.10. The van der Waals surface area contributed by atoms with E-state index in [1.165, 1.54) is 11.8 Å².